The number of piperidine rings is 1. The molecule has 1 aromatic rings. The van der Waals surface area contributed by atoms with E-state index in [1.54, 1.807) is 0 Å². The molecule has 2 aliphatic carbocycles. The molecule has 148 valence electrons. The van der Waals surface area contributed by atoms with E-state index in [4.69, 9.17) is 11.6 Å². The van der Waals surface area contributed by atoms with Crippen LogP contribution in [0.2, 0.25) is 5.02 Å². The fourth-order valence-corrected chi connectivity index (χ4v) is 5.72. The summed E-state index contributed by atoms with van der Waals surface area (Å²) in [5, 5.41) is 4.08. The fraction of sp³-hybridized carbons (Fsp3) is 0.696. The molecule has 27 heavy (non-hydrogen) atoms. The first-order valence-electron chi connectivity index (χ1n) is 11.0. The van der Waals surface area contributed by atoms with E-state index in [9.17, 15) is 4.79 Å². The molecule has 1 N–H and O–H groups in total. The summed E-state index contributed by atoms with van der Waals surface area (Å²) in [6.07, 6.45) is 12.2. The molecule has 3 nitrogen and oxygen atoms in total. The maximum Gasteiger partial charge on any atom is 0.230 e. The molecule has 3 fully saturated rings. The molecule has 1 aliphatic heterocycles. The van der Waals surface area contributed by atoms with Crippen LogP contribution in [0.5, 0.6) is 0 Å². The molecule has 1 amide bonds. The summed E-state index contributed by atoms with van der Waals surface area (Å²) in [4.78, 5) is 15.9. The molecule has 1 heterocycles. The minimum absolute atomic E-state index is 0.237. The zero-order valence-corrected chi connectivity index (χ0v) is 17.1. The molecule has 1 aromatic carbocycles. The van der Waals surface area contributed by atoms with Crippen molar-refractivity contribution in [2.24, 2.45) is 5.92 Å². The van der Waals surface area contributed by atoms with Gasteiger partial charge in [0, 0.05) is 17.6 Å². The quantitative estimate of drug-likeness (QED) is 0.776. The van der Waals surface area contributed by atoms with Gasteiger partial charge in [0.2, 0.25) is 5.91 Å². The van der Waals surface area contributed by atoms with E-state index in [-0.39, 0.29) is 11.3 Å². The highest BCUT2D eigenvalue weighted by Gasteiger charge is 2.42. The van der Waals surface area contributed by atoms with Crippen LogP contribution in [0.4, 0.5) is 0 Å². The van der Waals surface area contributed by atoms with Crippen LogP contribution in [0, 0.1) is 5.92 Å². The van der Waals surface area contributed by atoms with E-state index in [2.05, 4.69) is 10.2 Å². The first kappa shape index (κ1) is 19.3. The van der Waals surface area contributed by atoms with Gasteiger partial charge in [-0.05, 0) is 75.2 Å². The van der Waals surface area contributed by atoms with Gasteiger partial charge in [0.25, 0.3) is 0 Å². The first-order chi connectivity index (χ1) is 13.2. The number of halogens is 1. The Morgan fingerprint density at radius 1 is 1.00 bits per heavy atom. The Kier molecular flexibility index (Phi) is 6.08. The van der Waals surface area contributed by atoms with E-state index in [1.165, 1.54) is 51.6 Å². The van der Waals surface area contributed by atoms with Crippen molar-refractivity contribution in [2.75, 3.05) is 19.6 Å². The number of nitrogens with zero attached hydrogens (tertiary/aromatic N) is 1. The van der Waals surface area contributed by atoms with Crippen LogP contribution in [0.3, 0.4) is 0 Å². The zero-order valence-electron chi connectivity index (χ0n) is 16.4. The van der Waals surface area contributed by atoms with Gasteiger partial charge >= 0.3 is 0 Å². The lowest BCUT2D eigenvalue weighted by atomic mass is 9.78. The van der Waals surface area contributed by atoms with Crippen LogP contribution in [0.15, 0.2) is 24.3 Å². The van der Waals surface area contributed by atoms with Crippen LogP contribution in [0.1, 0.15) is 69.8 Å². The minimum Gasteiger partial charge on any atom is -0.355 e. The topological polar surface area (TPSA) is 32.3 Å². The second-order valence-electron chi connectivity index (χ2n) is 8.92. The highest BCUT2D eigenvalue weighted by molar-refractivity contribution is 6.30. The SMILES string of the molecule is O=C(NCC1CCN(C2CCCC2)CC1)C1(c2ccc(Cl)cc2)CCCC1. The third kappa shape index (κ3) is 4.19. The van der Waals surface area contributed by atoms with Crippen molar-refractivity contribution in [1.82, 2.24) is 10.2 Å². The Bertz CT molecular complexity index is 624. The molecule has 1 saturated heterocycles. The second-order valence-corrected chi connectivity index (χ2v) is 9.36. The summed E-state index contributed by atoms with van der Waals surface area (Å²) >= 11 is 6.06. The molecule has 0 unspecified atom stereocenters. The van der Waals surface area contributed by atoms with Crippen molar-refractivity contribution in [1.29, 1.82) is 0 Å². The third-order valence-corrected chi connectivity index (χ3v) is 7.58. The number of hydrogen-bond acceptors (Lipinski definition) is 2. The van der Waals surface area contributed by atoms with E-state index >= 15 is 0 Å². The molecule has 4 rings (SSSR count). The Balaban J connectivity index is 1.32. The number of hydrogen-bond donors (Lipinski definition) is 1. The van der Waals surface area contributed by atoms with Crippen LogP contribution in [-0.2, 0) is 10.2 Å². The number of nitrogens with one attached hydrogen (secondary N) is 1. The van der Waals surface area contributed by atoms with Gasteiger partial charge in [0.1, 0.15) is 0 Å². The summed E-state index contributed by atoms with van der Waals surface area (Å²) in [5.74, 6) is 0.871. The smallest absolute Gasteiger partial charge is 0.230 e. The number of amides is 1. The second kappa shape index (κ2) is 8.53. The summed E-state index contributed by atoms with van der Waals surface area (Å²) < 4.78 is 0. The summed E-state index contributed by atoms with van der Waals surface area (Å²) in [5.41, 5.74) is 0.799. The molecular weight excluding hydrogens is 356 g/mol. The van der Waals surface area contributed by atoms with Crippen LogP contribution >= 0.6 is 11.6 Å². The standard InChI is InChI=1S/C23H33ClN2O/c24-20-9-7-19(8-10-20)23(13-3-4-14-23)22(27)25-17-18-11-15-26(16-12-18)21-5-1-2-6-21/h7-10,18,21H,1-6,11-17H2,(H,25,27). The summed E-state index contributed by atoms with van der Waals surface area (Å²) in [6, 6.07) is 8.78. The zero-order chi connectivity index (χ0) is 18.7. The molecule has 3 aliphatic rings. The van der Waals surface area contributed by atoms with Gasteiger partial charge in [-0.3, -0.25) is 4.79 Å². The largest absolute Gasteiger partial charge is 0.355 e. The number of carbonyl (C=O) groups excluding carboxylic acids is 1. The Morgan fingerprint density at radius 2 is 1.63 bits per heavy atom. The van der Waals surface area contributed by atoms with E-state index in [0.29, 0.717) is 5.92 Å². The van der Waals surface area contributed by atoms with Gasteiger partial charge in [-0.1, -0.05) is 49.4 Å². The predicted octanol–water partition coefficient (Wildman–Crippen LogP) is 4.92. The number of rotatable bonds is 5. The predicted molar refractivity (Wildman–Crippen MR) is 111 cm³/mol. The first-order valence-corrected chi connectivity index (χ1v) is 11.3. The minimum atomic E-state index is -0.338. The monoisotopic (exact) mass is 388 g/mol. The number of benzene rings is 1. The molecule has 0 aromatic heterocycles. The van der Waals surface area contributed by atoms with Crippen molar-refractivity contribution in [3.05, 3.63) is 34.9 Å². The van der Waals surface area contributed by atoms with Gasteiger partial charge in [-0.2, -0.15) is 0 Å². The Hall–Kier alpha value is -1.06. The maximum atomic E-state index is 13.2. The molecule has 0 radical (unpaired) electrons. The fourth-order valence-electron chi connectivity index (χ4n) is 5.59. The summed E-state index contributed by atoms with van der Waals surface area (Å²) in [7, 11) is 0. The van der Waals surface area contributed by atoms with E-state index in [0.717, 1.165) is 48.9 Å². The summed E-state index contributed by atoms with van der Waals surface area (Å²) in [6.45, 7) is 3.27. The van der Waals surface area contributed by atoms with Crippen LogP contribution in [0.25, 0.3) is 0 Å². The van der Waals surface area contributed by atoms with Gasteiger partial charge in [-0.15, -0.1) is 0 Å². The lowest BCUT2D eigenvalue weighted by Gasteiger charge is -2.36. The third-order valence-electron chi connectivity index (χ3n) is 7.33. The van der Waals surface area contributed by atoms with Gasteiger partial charge in [-0.25, -0.2) is 0 Å². The van der Waals surface area contributed by atoms with E-state index < -0.39 is 0 Å². The van der Waals surface area contributed by atoms with Crippen LogP contribution in [-0.4, -0.2) is 36.5 Å². The molecular formula is C23H33ClN2O. The maximum absolute atomic E-state index is 13.2. The molecule has 2 saturated carbocycles. The Morgan fingerprint density at radius 3 is 2.26 bits per heavy atom. The van der Waals surface area contributed by atoms with Crippen molar-refractivity contribution in [3.8, 4) is 0 Å². The number of carbonyl (C=O) groups is 1. The van der Waals surface area contributed by atoms with E-state index in [1.807, 2.05) is 24.3 Å². The van der Waals surface area contributed by atoms with Crippen molar-refractivity contribution in [2.45, 2.75) is 75.7 Å². The van der Waals surface area contributed by atoms with Crippen molar-refractivity contribution in [3.63, 3.8) is 0 Å². The normalized spacial score (nSPS) is 24.3. The number of likely N-dealkylation sites (tertiary alicyclic amines) is 1. The van der Waals surface area contributed by atoms with Crippen molar-refractivity contribution < 1.29 is 4.79 Å². The Labute approximate surface area is 168 Å². The average molecular weight is 389 g/mol. The lowest BCUT2D eigenvalue weighted by Crippen LogP contribution is -2.46. The van der Waals surface area contributed by atoms with Gasteiger partial charge in [0.05, 0.1) is 5.41 Å². The molecule has 0 spiro atoms. The van der Waals surface area contributed by atoms with Crippen LogP contribution < -0.4 is 5.32 Å². The van der Waals surface area contributed by atoms with Gasteiger partial charge < -0.3 is 10.2 Å². The molecule has 0 atom stereocenters. The highest BCUT2D eigenvalue weighted by Crippen LogP contribution is 2.41. The van der Waals surface area contributed by atoms with Crippen molar-refractivity contribution >= 4 is 17.5 Å². The average Bonchev–Trinajstić information content (AvgIpc) is 3.40. The lowest BCUT2D eigenvalue weighted by molar-refractivity contribution is -0.127. The molecule has 4 heteroatoms. The highest BCUT2D eigenvalue weighted by atomic mass is 35.5. The van der Waals surface area contributed by atoms with Gasteiger partial charge in [0.15, 0.2) is 0 Å². The molecule has 0 bridgehead atoms.